The zero-order valence-electron chi connectivity index (χ0n) is 9.84. The molecule has 0 aliphatic heterocycles. The fourth-order valence-corrected chi connectivity index (χ4v) is 1.56. The molecule has 1 aromatic carbocycles. The van der Waals surface area contributed by atoms with Crippen molar-refractivity contribution < 1.29 is 4.74 Å². The summed E-state index contributed by atoms with van der Waals surface area (Å²) in [6.07, 6.45) is 1.63. The van der Waals surface area contributed by atoms with Crippen LogP contribution in [0, 0.1) is 11.3 Å². The van der Waals surface area contributed by atoms with Gasteiger partial charge in [0.05, 0.1) is 18.4 Å². The van der Waals surface area contributed by atoms with Gasteiger partial charge in [0.1, 0.15) is 17.5 Å². The van der Waals surface area contributed by atoms with Gasteiger partial charge in [-0.2, -0.15) is 5.26 Å². The molecule has 0 bridgehead atoms. The van der Waals surface area contributed by atoms with E-state index in [9.17, 15) is 0 Å². The molecule has 0 amide bonds. The van der Waals surface area contributed by atoms with E-state index in [2.05, 4.69) is 16.4 Å². The molecule has 0 spiro atoms. The number of nitrogens with two attached hydrogens (primary N) is 1. The summed E-state index contributed by atoms with van der Waals surface area (Å²) in [4.78, 5) is 4.12. The molecule has 2 aromatic rings. The van der Waals surface area contributed by atoms with Crippen LogP contribution in [0.25, 0.3) is 0 Å². The molecule has 18 heavy (non-hydrogen) atoms. The summed E-state index contributed by atoms with van der Waals surface area (Å²) in [6, 6.07) is 10.8. The summed E-state index contributed by atoms with van der Waals surface area (Å²) in [6.45, 7) is 0. The summed E-state index contributed by atoms with van der Waals surface area (Å²) in [5.74, 6) is 1.07. The largest absolute Gasteiger partial charge is 0.495 e. The summed E-state index contributed by atoms with van der Waals surface area (Å²) in [5, 5.41) is 12.1. The summed E-state index contributed by atoms with van der Waals surface area (Å²) in [7, 11) is 1.55. The number of para-hydroxylation sites is 1. The van der Waals surface area contributed by atoms with E-state index in [0.29, 0.717) is 28.5 Å². The molecule has 0 fully saturated rings. The Balaban J connectivity index is 2.46. The normalized spacial score (nSPS) is 9.56. The van der Waals surface area contributed by atoms with Crippen molar-refractivity contribution in [2.45, 2.75) is 0 Å². The van der Waals surface area contributed by atoms with Crippen LogP contribution < -0.4 is 15.8 Å². The third kappa shape index (κ3) is 2.18. The highest BCUT2D eigenvalue weighted by molar-refractivity contribution is 5.76. The fourth-order valence-electron chi connectivity index (χ4n) is 1.56. The molecule has 0 unspecified atom stereocenters. The number of nitriles is 1. The number of nitrogens with one attached hydrogen (secondary N) is 1. The van der Waals surface area contributed by atoms with Crippen LogP contribution in [0.5, 0.6) is 5.75 Å². The number of aromatic nitrogens is 1. The Kier molecular flexibility index (Phi) is 3.30. The second-order valence-corrected chi connectivity index (χ2v) is 3.56. The minimum atomic E-state index is 0.472. The van der Waals surface area contributed by atoms with Gasteiger partial charge in [-0.15, -0.1) is 0 Å². The third-order valence-corrected chi connectivity index (χ3v) is 2.45. The minimum Gasteiger partial charge on any atom is -0.495 e. The molecule has 5 nitrogen and oxygen atoms in total. The molecule has 0 atom stereocenters. The Morgan fingerprint density at radius 3 is 2.83 bits per heavy atom. The van der Waals surface area contributed by atoms with Crippen molar-refractivity contribution in [3.8, 4) is 11.8 Å². The van der Waals surface area contributed by atoms with Crippen LogP contribution in [0.2, 0.25) is 0 Å². The summed E-state index contributed by atoms with van der Waals surface area (Å²) in [5.41, 5.74) is 7.34. The SMILES string of the molecule is COc1cccc(C#N)c1Nc1ncccc1N. The van der Waals surface area contributed by atoms with Crippen molar-refractivity contribution in [2.75, 3.05) is 18.2 Å². The maximum Gasteiger partial charge on any atom is 0.153 e. The first-order valence-corrected chi connectivity index (χ1v) is 5.31. The molecule has 1 aromatic heterocycles. The Morgan fingerprint density at radius 2 is 2.17 bits per heavy atom. The molecule has 5 heteroatoms. The number of methoxy groups -OCH3 is 1. The van der Waals surface area contributed by atoms with Gasteiger partial charge in [-0.25, -0.2) is 4.98 Å². The minimum absolute atomic E-state index is 0.472. The topological polar surface area (TPSA) is 84.0 Å². The molecule has 0 saturated heterocycles. The number of nitrogen functional groups attached to an aromatic ring is 1. The Bertz CT molecular complexity index is 604. The molecular formula is C13H12N4O. The monoisotopic (exact) mass is 240 g/mol. The summed E-state index contributed by atoms with van der Waals surface area (Å²) < 4.78 is 5.22. The van der Waals surface area contributed by atoms with E-state index in [1.54, 1.807) is 43.6 Å². The van der Waals surface area contributed by atoms with Gasteiger partial charge in [-0.3, -0.25) is 0 Å². The van der Waals surface area contributed by atoms with Gasteiger partial charge in [0.2, 0.25) is 0 Å². The van der Waals surface area contributed by atoms with E-state index in [0.717, 1.165) is 0 Å². The first kappa shape index (κ1) is 11.7. The highest BCUT2D eigenvalue weighted by atomic mass is 16.5. The van der Waals surface area contributed by atoms with E-state index in [-0.39, 0.29) is 0 Å². The third-order valence-electron chi connectivity index (χ3n) is 2.45. The number of pyridine rings is 1. The fraction of sp³-hybridized carbons (Fsp3) is 0.0769. The Morgan fingerprint density at radius 1 is 1.33 bits per heavy atom. The van der Waals surface area contributed by atoms with E-state index in [4.69, 9.17) is 15.7 Å². The molecule has 0 aliphatic rings. The molecule has 2 rings (SSSR count). The lowest BCUT2D eigenvalue weighted by Gasteiger charge is -2.13. The molecular weight excluding hydrogens is 228 g/mol. The van der Waals surface area contributed by atoms with Gasteiger partial charge in [0.25, 0.3) is 0 Å². The average molecular weight is 240 g/mol. The van der Waals surface area contributed by atoms with Crippen LogP contribution in [-0.2, 0) is 0 Å². The van der Waals surface area contributed by atoms with Crippen LogP contribution in [0.15, 0.2) is 36.5 Å². The van der Waals surface area contributed by atoms with Crippen LogP contribution in [0.4, 0.5) is 17.2 Å². The average Bonchev–Trinajstić information content (AvgIpc) is 2.41. The highest BCUT2D eigenvalue weighted by Gasteiger charge is 2.10. The van der Waals surface area contributed by atoms with Crippen molar-refractivity contribution in [3.05, 3.63) is 42.1 Å². The van der Waals surface area contributed by atoms with Crippen molar-refractivity contribution in [2.24, 2.45) is 0 Å². The van der Waals surface area contributed by atoms with Crippen LogP contribution in [0.3, 0.4) is 0 Å². The van der Waals surface area contributed by atoms with Crippen molar-refractivity contribution in [1.82, 2.24) is 4.98 Å². The van der Waals surface area contributed by atoms with E-state index in [1.165, 1.54) is 0 Å². The molecule has 3 N–H and O–H groups in total. The van der Waals surface area contributed by atoms with E-state index in [1.807, 2.05) is 0 Å². The lowest BCUT2D eigenvalue weighted by atomic mass is 10.1. The lowest BCUT2D eigenvalue weighted by Crippen LogP contribution is -2.02. The number of rotatable bonds is 3. The number of hydrogen-bond acceptors (Lipinski definition) is 5. The second-order valence-electron chi connectivity index (χ2n) is 3.56. The summed E-state index contributed by atoms with van der Waals surface area (Å²) >= 11 is 0. The van der Waals surface area contributed by atoms with Crippen LogP contribution in [0.1, 0.15) is 5.56 Å². The number of ether oxygens (including phenoxy) is 1. The number of nitrogens with zero attached hydrogens (tertiary/aromatic N) is 2. The van der Waals surface area contributed by atoms with Crippen LogP contribution in [-0.4, -0.2) is 12.1 Å². The van der Waals surface area contributed by atoms with Crippen molar-refractivity contribution >= 4 is 17.2 Å². The number of hydrogen-bond donors (Lipinski definition) is 2. The quantitative estimate of drug-likeness (QED) is 0.859. The van der Waals surface area contributed by atoms with Gasteiger partial charge >= 0.3 is 0 Å². The lowest BCUT2D eigenvalue weighted by molar-refractivity contribution is 0.416. The zero-order valence-corrected chi connectivity index (χ0v) is 9.84. The second kappa shape index (κ2) is 5.06. The maximum absolute atomic E-state index is 9.09. The number of anilines is 3. The molecule has 0 aliphatic carbocycles. The Hall–Kier alpha value is -2.74. The predicted octanol–water partition coefficient (Wildman–Crippen LogP) is 2.29. The van der Waals surface area contributed by atoms with Gasteiger partial charge in [0.15, 0.2) is 5.82 Å². The molecule has 90 valence electrons. The predicted molar refractivity (Wildman–Crippen MR) is 69.6 cm³/mol. The van der Waals surface area contributed by atoms with Gasteiger partial charge < -0.3 is 15.8 Å². The van der Waals surface area contributed by atoms with Crippen molar-refractivity contribution in [3.63, 3.8) is 0 Å². The first-order chi connectivity index (χ1) is 8.76. The Labute approximate surface area is 105 Å². The van der Waals surface area contributed by atoms with E-state index < -0.39 is 0 Å². The van der Waals surface area contributed by atoms with Gasteiger partial charge in [-0.1, -0.05) is 6.07 Å². The smallest absolute Gasteiger partial charge is 0.153 e. The maximum atomic E-state index is 9.09. The zero-order chi connectivity index (χ0) is 13.0. The van der Waals surface area contributed by atoms with Crippen LogP contribution >= 0.6 is 0 Å². The van der Waals surface area contributed by atoms with Gasteiger partial charge in [0, 0.05) is 6.20 Å². The molecule has 0 saturated carbocycles. The van der Waals surface area contributed by atoms with E-state index >= 15 is 0 Å². The molecule has 0 radical (unpaired) electrons. The van der Waals surface area contributed by atoms with Gasteiger partial charge in [-0.05, 0) is 24.3 Å². The standard InChI is InChI=1S/C13H12N4O/c1-18-11-6-2-4-9(8-14)12(11)17-13-10(15)5-3-7-16-13/h2-7H,15H2,1H3,(H,16,17). The highest BCUT2D eigenvalue weighted by Crippen LogP contribution is 2.31. The van der Waals surface area contributed by atoms with Crippen molar-refractivity contribution in [1.29, 1.82) is 5.26 Å². The first-order valence-electron chi connectivity index (χ1n) is 5.31. The number of benzene rings is 1. The molecule has 1 heterocycles.